The number of hydrogen-bond acceptors (Lipinski definition) is 7. The molecule has 0 spiro atoms. The van der Waals surface area contributed by atoms with Gasteiger partial charge < -0.3 is 10.6 Å². The average molecular weight is 539 g/mol. The van der Waals surface area contributed by atoms with Crippen molar-refractivity contribution in [3.63, 3.8) is 0 Å². The Morgan fingerprint density at radius 2 is 1.56 bits per heavy atom. The van der Waals surface area contributed by atoms with Crippen molar-refractivity contribution >= 4 is 31.1 Å². The van der Waals surface area contributed by atoms with E-state index in [9.17, 15) is 35.1 Å². The molecule has 3 aromatic rings. The molecule has 0 unspecified atom stereocenters. The fourth-order valence-electron chi connectivity index (χ4n) is 3.38. The Bertz CT molecular complexity index is 1220. The Balaban J connectivity index is 0.00000361. The molecule has 1 aliphatic rings. The molecule has 36 heavy (non-hydrogen) atoms. The van der Waals surface area contributed by atoms with Crippen LogP contribution in [-0.2, 0) is 12.4 Å². The van der Waals surface area contributed by atoms with Gasteiger partial charge in [-0.1, -0.05) is 6.07 Å². The molecule has 0 saturated heterocycles. The lowest BCUT2D eigenvalue weighted by molar-refractivity contribution is -0.141. The van der Waals surface area contributed by atoms with Crippen LogP contribution in [0.4, 0.5) is 52.7 Å². The minimum Gasteiger partial charge on any atom is -0.351 e. The van der Waals surface area contributed by atoms with E-state index in [1.54, 1.807) is 0 Å². The third-order valence-corrected chi connectivity index (χ3v) is 4.95. The summed E-state index contributed by atoms with van der Waals surface area (Å²) in [5.74, 6) is -3.86. The molecule has 1 saturated carbocycles. The van der Waals surface area contributed by atoms with Crippen LogP contribution < -0.4 is 10.6 Å². The normalized spacial score (nSPS) is 17.4. The molecule has 0 aromatic carbocycles. The molecule has 1 fully saturated rings. The molecule has 1 atom stereocenters. The van der Waals surface area contributed by atoms with E-state index >= 15 is 0 Å². The third kappa shape index (κ3) is 6.67. The van der Waals surface area contributed by atoms with Crippen molar-refractivity contribution in [2.24, 2.45) is 0 Å². The number of nitrogens with zero attached hydrogens (tertiary/aromatic N) is 5. The monoisotopic (exact) mass is 539 g/mol. The van der Waals surface area contributed by atoms with Crippen LogP contribution in [0.2, 0.25) is 0 Å². The van der Waals surface area contributed by atoms with Crippen LogP contribution in [0.3, 0.4) is 0 Å². The zero-order valence-electron chi connectivity index (χ0n) is 17.9. The van der Waals surface area contributed by atoms with Crippen molar-refractivity contribution in [2.75, 3.05) is 10.6 Å². The number of alkyl halides is 8. The van der Waals surface area contributed by atoms with Gasteiger partial charge in [0.1, 0.15) is 17.1 Å². The maximum atomic E-state index is 13.6. The molecule has 0 amide bonds. The molecule has 3 aromatic heterocycles. The highest BCUT2D eigenvalue weighted by molar-refractivity contribution is 7.59. The predicted octanol–water partition coefficient (Wildman–Crippen LogP) is 5.82. The van der Waals surface area contributed by atoms with Crippen LogP contribution in [-0.4, -0.2) is 36.9 Å². The summed E-state index contributed by atoms with van der Waals surface area (Å²) < 4.78 is 105. The minimum absolute atomic E-state index is 0. The van der Waals surface area contributed by atoms with Gasteiger partial charge in [0.25, 0.3) is 0 Å². The lowest BCUT2D eigenvalue weighted by Gasteiger charge is -2.15. The molecular weight excluding hydrogens is 522 g/mol. The highest BCUT2D eigenvalue weighted by Crippen LogP contribution is 2.36. The average Bonchev–Trinajstić information content (AvgIpc) is 3.10. The van der Waals surface area contributed by atoms with Crippen LogP contribution in [0, 0.1) is 0 Å². The van der Waals surface area contributed by atoms with E-state index < -0.39 is 42.1 Å². The van der Waals surface area contributed by atoms with Gasteiger partial charge in [-0.25, -0.2) is 13.8 Å². The fourth-order valence-corrected chi connectivity index (χ4v) is 3.38. The number of rotatable bonds is 5. The highest BCUT2D eigenvalue weighted by Gasteiger charge is 2.40. The summed E-state index contributed by atoms with van der Waals surface area (Å²) in [6.45, 7) is 0. The van der Waals surface area contributed by atoms with Crippen molar-refractivity contribution < 1.29 is 35.1 Å². The third-order valence-electron chi connectivity index (χ3n) is 4.95. The molecular formula is C20H17F8N7S. The van der Waals surface area contributed by atoms with Crippen LogP contribution >= 0.6 is 13.5 Å². The summed E-state index contributed by atoms with van der Waals surface area (Å²) in [5.41, 5.74) is -2.86. The quantitative estimate of drug-likeness (QED) is 0.395. The van der Waals surface area contributed by atoms with Crippen molar-refractivity contribution in [1.82, 2.24) is 24.9 Å². The topological polar surface area (TPSA) is 88.5 Å². The molecule has 0 radical (unpaired) electrons. The van der Waals surface area contributed by atoms with Gasteiger partial charge in [0.05, 0.1) is 0 Å². The van der Waals surface area contributed by atoms with Gasteiger partial charge in [-0.05, 0) is 30.7 Å². The molecule has 2 N–H and O–H groups in total. The zero-order chi connectivity index (χ0) is 25.4. The smallest absolute Gasteiger partial charge is 0.351 e. The van der Waals surface area contributed by atoms with E-state index in [4.69, 9.17) is 0 Å². The molecule has 1 aliphatic carbocycles. The predicted molar refractivity (Wildman–Crippen MR) is 117 cm³/mol. The Morgan fingerprint density at radius 1 is 0.861 bits per heavy atom. The summed E-state index contributed by atoms with van der Waals surface area (Å²) in [6, 6.07) is 4.13. The van der Waals surface area contributed by atoms with Gasteiger partial charge >= 0.3 is 12.4 Å². The first-order valence-electron chi connectivity index (χ1n) is 10.0. The van der Waals surface area contributed by atoms with E-state index in [1.807, 2.05) is 0 Å². The van der Waals surface area contributed by atoms with Gasteiger partial charge in [0, 0.05) is 30.8 Å². The molecule has 0 bridgehead atoms. The summed E-state index contributed by atoms with van der Waals surface area (Å²) in [6.07, 6.45) is -9.41. The lowest BCUT2D eigenvalue weighted by atomic mass is 10.2. The van der Waals surface area contributed by atoms with Gasteiger partial charge in [-0.2, -0.15) is 54.8 Å². The Morgan fingerprint density at radius 3 is 2.19 bits per heavy atom. The Hall–Kier alpha value is -3.30. The molecule has 0 aliphatic heterocycles. The second kappa shape index (κ2) is 9.99. The summed E-state index contributed by atoms with van der Waals surface area (Å²) >= 11 is 0. The lowest BCUT2D eigenvalue weighted by Crippen LogP contribution is -2.21. The van der Waals surface area contributed by atoms with E-state index in [1.165, 1.54) is 12.1 Å². The van der Waals surface area contributed by atoms with Crippen LogP contribution in [0.25, 0.3) is 11.5 Å². The summed E-state index contributed by atoms with van der Waals surface area (Å²) in [4.78, 5) is 18.7. The van der Waals surface area contributed by atoms with Gasteiger partial charge in [-0.3, -0.25) is 4.98 Å². The number of anilines is 3. The van der Waals surface area contributed by atoms with Gasteiger partial charge in [0.15, 0.2) is 5.82 Å². The van der Waals surface area contributed by atoms with Crippen LogP contribution in [0.5, 0.6) is 0 Å². The largest absolute Gasteiger partial charge is 0.433 e. The van der Waals surface area contributed by atoms with E-state index in [-0.39, 0.29) is 55.4 Å². The van der Waals surface area contributed by atoms with Crippen molar-refractivity contribution in [3.8, 4) is 11.5 Å². The first kappa shape index (κ1) is 27.3. The molecule has 194 valence electrons. The Labute approximate surface area is 205 Å². The SMILES string of the molecule is FC1(F)CC[C@H](Nc2nc(Nc3ccnc(C(F)(F)F)c3)nc(-c3cccc(C(F)(F)F)n3)n2)C1.S. The van der Waals surface area contributed by atoms with E-state index in [2.05, 4.69) is 35.6 Å². The van der Waals surface area contributed by atoms with Gasteiger partial charge in [0.2, 0.25) is 17.8 Å². The Kier molecular flexibility index (Phi) is 7.57. The number of hydrogen-bond donors (Lipinski definition) is 2. The summed E-state index contributed by atoms with van der Waals surface area (Å²) in [7, 11) is 0. The first-order valence-corrected chi connectivity index (χ1v) is 10.0. The summed E-state index contributed by atoms with van der Waals surface area (Å²) in [5, 5.41) is 5.20. The number of nitrogens with one attached hydrogen (secondary N) is 2. The number of aromatic nitrogens is 5. The minimum atomic E-state index is -4.76. The number of halogens is 8. The molecule has 16 heteroatoms. The van der Waals surface area contributed by atoms with Crippen molar-refractivity contribution in [2.45, 2.75) is 43.6 Å². The molecule has 4 rings (SSSR count). The number of pyridine rings is 2. The van der Waals surface area contributed by atoms with E-state index in [0.29, 0.717) is 6.07 Å². The van der Waals surface area contributed by atoms with Crippen LogP contribution in [0.15, 0.2) is 36.5 Å². The second-order valence-electron chi connectivity index (χ2n) is 7.70. The fraction of sp³-hybridized carbons (Fsp3) is 0.350. The molecule has 3 heterocycles. The van der Waals surface area contributed by atoms with Crippen molar-refractivity contribution in [1.29, 1.82) is 0 Å². The maximum Gasteiger partial charge on any atom is 0.433 e. The second-order valence-corrected chi connectivity index (χ2v) is 7.70. The van der Waals surface area contributed by atoms with Gasteiger partial charge in [-0.15, -0.1) is 0 Å². The molecule has 7 nitrogen and oxygen atoms in total. The first-order chi connectivity index (χ1) is 16.3. The van der Waals surface area contributed by atoms with E-state index in [0.717, 1.165) is 18.3 Å². The highest BCUT2D eigenvalue weighted by atomic mass is 32.1. The van der Waals surface area contributed by atoms with Crippen LogP contribution in [0.1, 0.15) is 30.7 Å². The zero-order valence-corrected chi connectivity index (χ0v) is 18.9. The van der Waals surface area contributed by atoms with Crippen molar-refractivity contribution in [3.05, 3.63) is 47.9 Å². The maximum absolute atomic E-state index is 13.6. The standard InChI is InChI=1S/C20H15F8N7.H2S/c21-18(22)6-4-11(9-18)31-17-34-15(12-2-1-3-13(32-12)19(23,24)25)33-16(35-17)30-10-5-7-29-14(8-10)20(26,27)28;/h1-3,5,7-8,11H,4,6,9H2,(H2,29,30,31,33,34,35);1H2/t11-;/m0./s1.